The number of nitrogens with one attached hydrogen (secondary N) is 1. The predicted molar refractivity (Wildman–Crippen MR) is 80.6 cm³/mol. The maximum Gasteiger partial charge on any atom is 0.220 e. The van der Waals surface area contributed by atoms with E-state index in [0.717, 1.165) is 18.4 Å². The Morgan fingerprint density at radius 1 is 1.25 bits per heavy atom. The summed E-state index contributed by atoms with van der Waals surface area (Å²) in [5, 5.41) is 2.93. The first kappa shape index (κ1) is 16.5. The lowest BCUT2D eigenvalue weighted by atomic mass is 10.1. The maximum atomic E-state index is 11.7. The molecular weight excluding hydrogens is 252 g/mol. The van der Waals surface area contributed by atoms with Crippen LogP contribution in [0.4, 0.5) is 0 Å². The van der Waals surface area contributed by atoms with E-state index in [1.54, 1.807) is 6.20 Å². The van der Waals surface area contributed by atoms with Crippen LogP contribution < -0.4 is 10.1 Å². The van der Waals surface area contributed by atoms with Gasteiger partial charge in [0.15, 0.2) is 0 Å². The van der Waals surface area contributed by atoms with Crippen molar-refractivity contribution in [3.8, 4) is 5.88 Å². The van der Waals surface area contributed by atoms with E-state index in [-0.39, 0.29) is 5.91 Å². The molecule has 0 saturated carbocycles. The minimum atomic E-state index is 0.104. The summed E-state index contributed by atoms with van der Waals surface area (Å²) in [7, 11) is 0. The zero-order chi connectivity index (χ0) is 14.6. The largest absolute Gasteiger partial charge is 0.478 e. The summed E-state index contributed by atoms with van der Waals surface area (Å²) in [5.74, 6) is 0.714. The Hall–Kier alpha value is -1.58. The molecule has 1 heterocycles. The quantitative estimate of drug-likeness (QED) is 0.667. The standard InChI is InChI=1S/C16H26N2O2/c1-3-5-6-7-8-11-15(19)18-13-14-10-9-12-17-16(14)20-4-2/h9-10,12H,3-8,11,13H2,1-2H3,(H,18,19). The lowest BCUT2D eigenvalue weighted by Gasteiger charge is -2.09. The average Bonchev–Trinajstić information content (AvgIpc) is 2.46. The summed E-state index contributed by atoms with van der Waals surface area (Å²) in [4.78, 5) is 15.9. The Morgan fingerprint density at radius 2 is 2.05 bits per heavy atom. The lowest BCUT2D eigenvalue weighted by molar-refractivity contribution is -0.121. The van der Waals surface area contributed by atoms with Crippen LogP contribution in [0.25, 0.3) is 0 Å². The second-order valence-electron chi connectivity index (χ2n) is 4.84. The first-order valence-electron chi connectivity index (χ1n) is 7.61. The normalized spacial score (nSPS) is 10.3. The van der Waals surface area contributed by atoms with Crippen molar-refractivity contribution in [2.24, 2.45) is 0 Å². The van der Waals surface area contributed by atoms with Crippen LogP contribution in [0.15, 0.2) is 18.3 Å². The zero-order valence-corrected chi connectivity index (χ0v) is 12.7. The Labute approximate surface area is 121 Å². The summed E-state index contributed by atoms with van der Waals surface area (Å²) in [5.41, 5.74) is 0.925. The van der Waals surface area contributed by atoms with Crippen molar-refractivity contribution >= 4 is 5.91 Å². The second kappa shape index (κ2) is 10.2. The van der Waals surface area contributed by atoms with Gasteiger partial charge < -0.3 is 10.1 Å². The molecule has 0 aliphatic heterocycles. The molecule has 1 aromatic heterocycles. The number of carbonyl (C=O) groups is 1. The fourth-order valence-electron chi connectivity index (χ4n) is 2.00. The van der Waals surface area contributed by atoms with Crippen LogP contribution in [0.1, 0.15) is 57.9 Å². The molecule has 0 radical (unpaired) electrons. The molecule has 0 spiro atoms. The van der Waals surface area contributed by atoms with Gasteiger partial charge in [-0.15, -0.1) is 0 Å². The number of nitrogens with zero attached hydrogens (tertiary/aromatic N) is 1. The number of hydrogen-bond donors (Lipinski definition) is 1. The average molecular weight is 278 g/mol. The number of carbonyl (C=O) groups excluding carboxylic acids is 1. The van der Waals surface area contributed by atoms with Gasteiger partial charge in [0.25, 0.3) is 0 Å². The molecule has 0 saturated heterocycles. The van der Waals surface area contributed by atoms with E-state index in [9.17, 15) is 4.79 Å². The van der Waals surface area contributed by atoms with Crippen molar-refractivity contribution in [2.45, 2.75) is 58.9 Å². The molecule has 0 bridgehead atoms. The first-order chi connectivity index (χ1) is 9.77. The molecule has 1 amide bonds. The molecular formula is C16H26N2O2. The van der Waals surface area contributed by atoms with Gasteiger partial charge in [-0.3, -0.25) is 4.79 Å². The Morgan fingerprint density at radius 3 is 2.80 bits per heavy atom. The molecule has 112 valence electrons. The Bertz CT molecular complexity index is 394. The predicted octanol–water partition coefficient (Wildman–Crippen LogP) is 3.46. The molecule has 0 fully saturated rings. The van der Waals surface area contributed by atoms with E-state index in [1.165, 1.54) is 19.3 Å². The third-order valence-corrected chi connectivity index (χ3v) is 3.11. The van der Waals surface area contributed by atoms with Gasteiger partial charge in [0.05, 0.1) is 6.61 Å². The SMILES string of the molecule is CCCCCCCC(=O)NCc1cccnc1OCC. The molecule has 4 nitrogen and oxygen atoms in total. The second-order valence-corrected chi connectivity index (χ2v) is 4.84. The highest BCUT2D eigenvalue weighted by atomic mass is 16.5. The van der Waals surface area contributed by atoms with Gasteiger partial charge in [0.2, 0.25) is 11.8 Å². The smallest absolute Gasteiger partial charge is 0.220 e. The van der Waals surface area contributed by atoms with E-state index in [1.807, 2.05) is 19.1 Å². The number of ether oxygens (including phenoxy) is 1. The molecule has 1 rings (SSSR count). The molecule has 1 aromatic rings. The van der Waals surface area contributed by atoms with Crippen LogP contribution >= 0.6 is 0 Å². The molecule has 4 heteroatoms. The van der Waals surface area contributed by atoms with Gasteiger partial charge in [0, 0.05) is 24.7 Å². The third kappa shape index (κ3) is 6.55. The summed E-state index contributed by atoms with van der Waals surface area (Å²) in [6, 6.07) is 3.79. The number of pyridine rings is 1. The number of unbranched alkanes of at least 4 members (excludes halogenated alkanes) is 4. The van der Waals surface area contributed by atoms with Crippen molar-refractivity contribution in [2.75, 3.05) is 6.61 Å². The van der Waals surface area contributed by atoms with Gasteiger partial charge in [0.1, 0.15) is 0 Å². The maximum absolute atomic E-state index is 11.7. The van der Waals surface area contributed by atoms with E-state index in [0.29, 0.717) is 25.5 Å². The topological polar surface area (TPSA) is 51.2 Å². The fourth-order valence-corrected chi connectivity index (χ4v) is 2.00. The minimum absolute atomic E-state index is 0.104. The molecule has 0 aliphatic carbocycles. The fraction of sp³-hybridized carbons (Fsp3) is 0.625. The van der Waals surface area contributed by atoms with Gasteiger partial charge in [-0.1, -0.05) is 38.7 Å². The molecule has 20 heavy (non-hydrogen) atoms. The first-order valence-corrected chi connectivity index (χ1v) is 7.61. The van der Waals surface area contributed by atoms with Crippen LogP contribution in [0.5, 0.6) is 5.88 Å². The summed E-state index contributed by atoms with van der Waals surface area (Å²) >= 11 is 0. The van der Waals surface area contributed by atoms with Gasteiger partial charge >= 0.3 is 0 Å². The highest BCUT2D eigenvalue weighted by Crippen LogP contribution is 2.14. The number of hydrogen-bond acceptors (Lipinski definition) is 3. The van der Waals surface area contributed by atoms with E-state index in [4.69, 9.17) is 4.74 Å². The zero-order valence-electron chi connectivity index (χ0n) is 12.7. The van der Waals surface area contributed by atoms with Crippen molar-refractivity contribution in [3.63, 3.8) is 0 Å². The summed E-state index contributed by atoms with van der Waals surface area (Å²) in [6.07, 6.45) is 8.12. The molecule has 0 aromatic carbocycles. The highest BCUT2D eigenvalue weighted by Gasteiger charge is 2.06. The third-order valence-electron chi connectivity index (χ3n) is 3.11. The molecule has 1 N–H and O–H groups in total. The lowest BCUT2D eigenvalue weighted by Crippen LogP contribution is -2.22. The highest BCUT2D eigenvalue weighted by molar-refractivity contribution is 5.75. The van der Waals surface area contributed by atoms with Crippen LogP contribution in [0.3, 0.4) is 0 Å². The van der Waals surface area contributed by atoms with E-state index in [2.05, 4.69) is 17.2 Å². The number of rotatable bonds is 10. The van der Waals surface area contributed by atoms with Crippen molar-refractivity contribution < 1.29 is 9.53 Å². The monoisotopic (exact) mass is 278 g/mol. The van der Waals surface area contributed by atoms with Gasteiger partial charge in [-0.25, -0.2) is 4.98 Å². The van der Waals surface area contributed by atoms with Crippen molar-refractivity contribution in [1.29, 1.82) is 0 Å². The van der Waals surface area contributed by atoms with Crippen LogP contribution in [-0.4, -0.2) is 17.5 Å². The number of aromatic nitrogens is 1. The van der Waals surface area contributed by atoms with Crippen LogP contribution in [-0.2, 0) is 11.3 Å². The Kier molecular flexibility index (Phi) is 8.43. The van der Waals surface area contributed by atoms with Crippen molar-refractivity contribution in [3.05, 3.63) is 23.9 Å². The van der Waals surface area contributed by atoms with Crippen LogP contribution in [0.2, 0.25) is 0 Å². The summed E-state index contributed by atoms with van der Waals surface area (Å²) in [6.45, 7) is 5.18. The van der Waals surface area contributed by atoms with Crippen LogP contribution in [0, 0.1) is 0 Å². The molecule has 0 atom stereocenters. The summed E-state index contributed by atoms with van der Waals surface area (Å²) < 4.78 is 5.43. The van der Waals surface area contributed by atoms with E-state index < -0.39 is 0 Å². The van der Waals surface area contributed by atoms with E-state index >= 15 is 0 Å². The van der Waals surface area contributed by atoms with Gasteiger partial charge in [-0.2, -0.15) is 0 Å². The Balaban J connectivity index is 2.26. The van der Waals surface area contributed by atoms with Crippen molar-refractivity contribution in [1.82, 2.24) is 10.3 Å². The van der Waals surface area contributed by atoms with Gasteiger partial charge in [-0.05, 0) is 19.4 Å². The minimum Gasteiger partial charge on any atom is -0.478 e. The molecule has 0 aliphatic rings. The molecule has 0 unspecified atom stereocenters. The number of amides is 1.